The summed E-state index contributed by atoms with van der Waals surface area (Å²) in [6, 6.07) is 5.62. The van der Waals surface area contributed by atoms with E-state index in [1.165, 1.54) is 6.33 Å². The van der Waals surface area contributed by atoms with Gasteiger partial charge in [0.15, 0.2) is 0 Å². The SMILES string of the molecule is O=C(O)C1(c2ccc(-n3cncn3)c(Br)c2)CCC1. The quantitative estimate of drug-likeness (QED) is 0.943. The molecule has 0 unspecified atom stereocenters. The van der Waals surface area contributed by atoms with Crippen molar-refractivity contribution in [1.82, 2.24) is 14.8 Å². The Hall–Kier alpha value is -1.69. The normalized spacial score (nSPS) is 16.9. The number of carboxylic acids is 1. The summed E-state index contributed by atoms with van der Waals surface area (Å²) in [6.45, 7) is 0. The van der Waals surface area contributed by atoms with Crippen LogP contribution in [-0.4, -0.2) is 25.8 Å². The van der Waals surface area contributed by atoms with Crippen LogP contribution in [0.5, 0.6) is 0 Å². The summed E-state index contributed by atoms with van der Waals surface area (Å²) in [5, 5.41) is 13.5. The predicted molar refractivity (Wildman–Crippen MR) is 72.2 cm³/mol. The third-order valence-electron chi connectivity index (χ3n) is 3.78. The number of benzene rings is 1. The van der Waals surface area contributed by atoms with Crippen molar-refractivity contribution in [3.05, 3.63) is 40.9 Å². The van der Waals surface area contributed by atoms with E-state index in [1.807, 2.05) is 18.2 Å². The van der Waals surface area contributed by atoms with E-state index in [0.717, 1.165) is 22.1 Å². The molecular weight excluding hydrogens is 310 g/mol. The number of hydrogen-bond acceptors (Lipinski definition) is 3. The molecule has 6 heteroatoms. The summed E-state index contributed by atoms with van der Waals surface area (Å²) < 4.78 is 2.46. The van der Waals surface area contributed by atoms with E-state index in [4.69, 9.17) is 0 Å². The first-order valence-electron chi connectivity index (χ1n) is 6.02. The monoisotopic (exact) mass is 321 g/mol. The molecule has 5 nitrogen and oxygen atoms in total. The van der Waals surface area contributed by atoms with Crippen LogP contribution in [0.1, 0.15) is 24.8 Å². The Morgan fingerprint density at radius 1 is 1.42 bits per heavy atom. The highest BCUT2D eigenvalue weighted by Gasteiger charge is 2.46. The molecule has 0 radical (unpaired) electrons. The summed E-state index contributed by atoms with van der Waals surface area (Å²) in [6.07, 6.45) is 5.45. The zero-order valence-corrected chi connectivity index (χ0v) is 11.7. The molecule has 1 N–H and O–H groups in total. The van der Waals surface area contributed by atoms with Crippen LogP contribution in [0, 0.1) is 0 Å². The maximum atomic E-state index is 11.5. The van der Waals surface area contributed by atoms with Crippen LogP contribution in [0.2, 0.25) is 0 Å². The number of halogens is 1. The second-order valence-corrected chi connectivity index (χ2v) is 5.60. The molecule has 1 fully saturated rings. The van der Waals surface area contributed by atoms with Gasteiger partial charge in [0.2, 0.25) is 0 Å². The Morgan fingerprint density at radius 3 is 2.68 bits per heavy atom. The summed E-state index contributed by atoms with van der Waals surface area (Å²) >= 11 is 3.48. The maximum absolute atomic E-state index is 11.5. The first kappa shape index (κ1) is 12.3. The van der Waals surface area contributed by atoms with Crippen molar-refractivity contribution in [2.45, 2.75) is 24.7 Å². The fraction of sp³-hybridized carbons (Fsp3) is 0.308. The topological polar surface area (TPSA) is 68.0 Å². The molecule has 0 bridgehead atoms. The molecule has 0 spiro atoms. The molecule has 0 saturated heterocycles. The van der Waals surface area contributed by atoms with Crippen LogP contribution in [0.15, 0.2) is 35.3 Å². The highest BCUT2D eigenvalue weighted by atomic mass is 79.9. The summed E-state index contributed by atoms with van der Waals surface area (Å²) in [5.41, 5.74) is 0.992. The number of rotatable bonds is 3. The molecule has 19 heavy (non-hydrogen) atoms. The van der Waals surface area contributed by atoms with Gasteiger partial charge in [-0.1, -0.05) is 12.5 Å². The minimum Gasteiger partial charge on any atom is -0.481 e. The van der Waals surface area contributed by atoms with E-state index >= 15 is 0 Å². The average molecular weight is 322 g/mol. The predicted octanol–water partition coefficient (Wildman–Crippen LogP) is 2.54. The molecule has 98 valence electrons. The fourth-order valence-electron chi connectivity index (χ4n) is 2.48. The Bertz CT molecular complexity index is 621. The number of nitrogens with zero attached hydrogens (tertiary/aromatic N) is 3. The average Bonchev–Trinajstić information content (AvgIpc) is 2.80. The van der Waals surface area contributed by atoms with Gasteiger partial charge in [-0.15, -0.1) is 0 Å². The van der Waals surface area contributed by atoms with Crippen molar-refractivity contribution < 1.29 is 9.90 Å². The van der Waals surface area contributed by atoms with Gasteiger partial charge >= 0.3 is 5.97 Å². The molecule has 1 aliphatic rings. The molecule has 3 rings (SSSR count). The molecule has 0 amide bonds. The Kier molecular flexibility index (Phi) is 2.89. The van der Waals surface area contributed by atoms with Gasteiger partial charge in [-0.3, -0.25) is 4.79 Å². The minimum absolute atomic E-state index is 0.705. The largest absolute Gasteiger partial charge is 0.481 e. The van der Waals surface area contributed by atoms with Crippen LogP contribution < -0.4 is 0 Å². The van der Waals surface area contributed by atoms with Crippen molar-refractivity contribution in [3.63, 3.8) is 0 Å². The lowest BCUT2D eigenvalue weighted by Crippen LogP contribution is -2.42. The summed E-state index contributed by atoms with van der Waals surface area (Å²) in [4.78, 5) is 15.4. The number of aromatic nitrogens is 3. The van der Waals surface area contributed by atoms with Crippen LogP contribution in [0.3, 0.4) is 0 Å². The van der Waals surface area contributed by atoms with E-state index in [-0.39, 0.29) is 0 Å². The number of hydrogen-bond donors (Lipinski definition) is 1. The highest BCUT2D eigenvalue weighted by Crippen LogP contribution is 2.45. The molecule has 0 aliphatic heterocycles. The smallest absolute Gasteiger partial charge is 0.314 e. The third-order valence-corrected chi connectivity index (χ3v) is 4.42. The van der Waals surface area contributed by atoms with Crippen LogP contribution in [0.4, 0.5) is 0 Å². The standard InChI is InChI=1S/C13H12BrN3O2/c14-10-6-9(13(12(18)19)4-1-5-13)2-3-11(10)17-8-15-7-16-17/h2-3,6-8H,1,4-5H2,(H,18,19). The van der Waals surface area contributed by atoms with Crippen molar-refractivity contribution >= 4 is 21.9 Å². The van der Waals surface area contributed by atoms with E-state index in [1.54, 1.807) is 11.0 Å². The van der Waals surface area contributed by atoms with Gasteiger partial charge in [0.05, 0.1) is 11.1 Å². The van der Waals surface area contributed by atoms with Crippen molar-refractivity contribution in [3.8, 4) is 5.69 Å². The summed E-state index contributed by atoms with van der Waals surface area (Å²) in [5.74, 6) is -0.737. The van der Waals surface area contributed by atoms with E-state index in [9.17, 15) is 9.90 Å². The van der Waals surface area contributed by atoms with Gasteiger partial charge in [-0.05, 0) is 46.5 Å². The van der Waals surface area contributed by atoms with E-state index < -0.39 is 11.4 Å². The number of carbonyl (C=O) groups is 1. The zero-order valence-electron chi connectivity index (χ0n) is 10.1. The Balaban J connectivity index is 2.02. The summed E-state index contributed by atoms with van der Waals surface area (Å²) in [7, 11) is 0. The van der Waals surface area contributed by atoms with Crippen LogP contribution >= 0.6 is 15.9 Å². The van der Waals surface area contributed by atoms with Gasteiger partial charge in [-0.2, -0.15) is 5.10 Å². The molecule has 1 aromatic heterocycles. The van der Waals surface area contributed by atoms with Crippen molar-refractivity contribution in [2.24, 2.45) is 0 Å². The Morgan fingerprint density at radius 2 is 2.21 bits per heavy atom. The lowest BCUT2D eigenvalue weighted by molar-refractivity contribution is -0.147. The Labute approximate surface area is 118 Å². The molecule has 0 atom stereocenters. The second-order valence-electron chi connectivity index (χ2n) is 4.75. The fourth-order valence-corrected chi connectivity index (χ4v) is 3.04. The van der Waals surface area contributed by atoms with Gasteiger partial charge < -0.3 is 5.11 Å². The molecule has 1 heterocycles. The van der Waals surface area contributed by atoms with Crippen molar-refractivity contribution in [2.75, 3.05) is 0 Å². The van der Waals surface area contributed by atoms with Crippen molar-refractivity contribution in [1.29, 1.82) is 0 Å². The lowest BCUT2D eigenvalue weighted by Gasteiger charge is -2.38. The minimum atomic E-state index is -0.737. The second kappa shape index (κ2) is 4.45. The van der Waals surface area contributed by atoms with Gasteiger partial charge in [0, 0.05) is 4.47 Å². The lowest BCUT2D eigenvalue weighted by atomic mass is 9.64. The van der Waals surface area contributed by atoms with E-state index in [2.05, 4.69) is 26.0 Å². The maximum Gasteiger partial charge on any atom is 0.314 e. The van der Waals surface area contributed by atoms with Crippen LogP contribution in [-0.2, 0) is 10.2 Å². The first-order valence-corrected chi connectivity index (χ1v) is 6.81. The van der Waals surface area contributed by atoms with Gasteiger partial charge in [0.1, 0.15) is 12.7 Å². The molecular formula is C13H12BrN3O2. The molecule has 1 aliphatic carbocycles. The third kappa shape index (κ3) is 1.87. The number of carboxylic acid groups (broad SMARTS) is 1. The van der Waals surface area contributed by atoms with Gasteiger partial charge in [-0.25, -0.2) is 9.67 Å². The first-order chi connectivity index (χ1) is 9.13. The van der Waals surface area contributed by atoms with E-state index in [0.29, 0.717) is 12.8 Å². The van der Waals surface area contributed by atoms with Crippen LogP contribution in [0.25, 0.3) is 5.69 Å². The number of aliphatic carboxylic acids is 1. The van der Waals surface area contributed by atoms with Gasteiger partial charge in [0.25, 0.3) is 0 Å². The highest BCUT2D eigenvalue weighted by molar-refractivity contribution is 9.10. The molecule has 1 saturated carbocycles. The zero-order chi connectivity index (χ0) is 13.5. The molecule has 2 aromatic rings. The molecule has 1 aromatic carbocycles.